The van der Waals surface area contributed by atoms with Crippen LogP contribution < -0.4 is 10.9 Å². The van der Waals surface area contributed by atoms with Gasteiger partial charge in [0.05, 0.1) is 16.3 Å². The second kappa shape index (κ2) is 7.54. The smallest absolute Gasteiger partial charge is 0.262 e. The van der Waals surface area contributed by atoms with Crippen molar-refractivity contribution in [1.82, 2.24) is 14.9 Å². The summed E-state index contributed by atoms with van der Waals surface area (Å²) >= 11 is 1.31. The van der Waals surface area contributed by atoms with Crippen LogP contribution in [-0.2, 0) is 13.0 Å². The van der Waals surface area contributed by atoms with Crippen LogP contribution in [-0.4, -0.2) is 15.5 Å². The Balaban J connectivity index is 1.55. The van der Waals surface area contributed by atoms with Crippen LogP contribution in [0.2, 0.25) is 0 Å². The number of thiophene rings is 1. The molecule has 3 heterocycles. The summed E-state index contributed by atoms with van der Waals surface area (Å²) in [6, 6.07) is 19.5. The summed E-state index contributed by atoms with van der Waals surface area (Å²) in [5, 5.41) is 3.75. The lowest BCUT2D eigenvalue weighted by Crippen LogP contribution is -2.29. The van der Waals surface area contributed by atoms with Gasteiger partial charge in [0.25, 0.3) is 11.5 Å². The van der Waals surface area contributed by atoms with Crippen LogP contribution in [0.4, 0.5) is 0 Å². The second-order valence-electron chi connectivity index (χ2n) is 7.55. The highest BCUT2D eigenvalue weighted by molar-refractivity contribution is 7.20. The van der Waals surface area contributed by atoms with E-state index in [1.54, 1.807) is 4.57 Å². The predicted molar refractivity (Wildman–Crippen MR) is 119 cm³/mol. The van der Waals surface area contributed by atoms with Crippen LogP contribution in [0.5, 0.6) is 0 Å². The van der Waals surface area contributed by atoms with Crippen molar-refractivity contribution in [1.29, 1.82) is 0 Å². The maximum atomic E-state index is 13.3. The van der Waals surface area contributed by atoms with Gasteiger partial charge < -0.3 is 5.32 Å². The molecular formula is C24H21N3O2S. The van der Waals surface area contributed by atoms with Gasteiger partial charge in [-0.15, -0.1) is 11.3 Å². The molecule has 0 atom stereocenters. The van der Waals surface area contributed by atoms with E-state index in [1.165, 1.54) is 11.3 Å². The predicted octanol–water partition coefficient (Wildman–Crippen LogP) is 4.23. The second-order valence-corrected chi connectivity index (χ2v) is 8.55. The molecule has 1 N–H and O–H groups in total. The van der Waals surface area contributed by atoms with E-state index in [9.17, 15) is 9.59 Å². The average Bonchev–Trinajstić information content (AvgIpc) is 3.38. The van der Waals surface area contributed by atoms with E-state index in [0.717, 1.165) is 29.8 Å². The highest BCUT2D eigenvalue weighted by atomic mass is 32.1. The molecule has 150 valence electrons. The molecule has 1 aliphatic rings. The Morgan fingerprint density at radius 1 is 1.07 bits per heavy atom. The van der Waals surface area contributed by atoms with Gasteiger partial charge in [-0.1, -0.05) is 60.7 Å². The van der Waals surface area contributed by atoms with E-state index < -0.39 is 0 Å². The number of hydrogen-bond donors (Lipinski definition) is 1. The zero-order valence-electron chi connectivity index (χ0n) is 16.6. The lowest BCUT2D eigenvalue weighted by Gasteiger charge is -2.19. The standard InChI is InChI=1S/C24H21N3O2S/c1-15-19-23(25-18-13-8-14-27(18)24(19)29)30-21(15)22(28)26-20(16-9-4-2-5-10-16)17-11-6-3-7-12-17/h2-7,9-12,20H,8,13-14H2,1H3,(H,26,28). The van der Waals surface area contributed by atoms with Crippen molar-refractivity contribution in [2.24, 2.45) is 0 Å². The number of nitrogens with one attached hydrogen (secondary N) is 1. The zero-order chi connectivity index (χ0) is 20.7. The number of hydrogen-bond acceptors (Lipinski definition) is 4. The van der Waals surface area contributed by atoms with Crippen LogP contribution in [0.25, 0.3) is 10.2 Å². The number of benzene rings is 2. The number of carbonyl (C=O) groups is 1. The summed E-state index contributed by atoms with van der Waals surface area (Å²) in [4.78, 5) is 32.1. The molecule has 0 saturated heterocycles. The third-order valence-electron chi connectivity index (χ3n) is 5.66. The van der Waals surface area contributed by atoms with Crippen LogP contribution in [0, 0.1) is 6.92 Å². The first-order valence-corrected chi connectivity index (χ1v) is 10.9. The van der Waals surface area contributed by atoms with E-state index in [0.29, 0.717) is 27.2 Å². The number of rotatable bonds is 4. The first-order valence-electron chi connectivity index (χ1n) is 10.1. The minimum absolute atomic E-state index is 0.0250. The molecule has 2 aromatic carbocycles. The molecule has 0 spiro atoms. The Morgan fingerprint density at radius 3 is 2.33 bits per heavy atom. The van der Waals surface area contributed by atoms with E-state index >= 15 is 0 Å². The number of nitrogens with zero attached hydrogens (tertiary/aromatic N) is 2. The number of aryl methyl sites for hydroxylation is 2. The molecule has 30 heavy (non-hydrogen) atoms. The topological polar surface area (TPSA) is 64.0 Å². The SMILES string of the molecule is Cc1c(C(=O)NC(c2ccccc2)c2ccccc2)sc2nc3n(c(=O)c12)CCC3. The van der Waals surface area contributed by atoms with E-state index in [4.69, 9.17) is 0 Å². The summed E-state index contributed by atoms with van der Waals surface area (Å²) in [5.41, 5.74) is 2.70. The Hall–Kier alpha value is -3.25. The molecule has 1 aliphatic heterocycles. The minimum atomic E-state index is -0.274. The van der Waals surface area contributed by atoms with Gasteiger partial charge in [-0.05, 0) is 30.0 Å². The maximum absolute atomic E-state index is 13.3. The van der Waals surface area contributed by atoms with Crippen LogP contribution >= 0.6 is 11.3 Å². The molecule has 5 nitrogen and oxygen atoms in total. The molecule has 0 unspecified atom stereocenters. The molecule has 0 aliphatic carbocycles. The van der Waals surface area contributed by atoms with Crippen molar-refractivity contribution in [3.05, 3.63) is 98.4 Å². The highest BCUT2D eigenvalue weighted by Gasteiger charge is 2.25. The quantitative estimate of drug-likeness (QED) is 0.542. The van der Waals surface area contributed by atoms with Gasteiger partial charge in [0, 0.05) is 13.0 Å². The number of fused-ring (bicyclic) bond motifs is 2. The summed E-state index contributed by atoms with van der Waals surface area (Å²) in [5.74, 6) is 0.643. The van der Waals surface area contributed by atoms with Gasteiger partial charge in [0.2, 0.25) is 0 Å². The Bertz CT molecular complexity index is 1250. The molecule has 4 aromatic rings. The van der Waals surface area contributed by atoms with Crippen molar-refractivity contribution < 1.29 is 4.79 Å². The maximum Gasteiger partial charge on any atom is 0.262 e. The third-order valence-corrected chi connectivity index (χ3v) is 6.84. The summed E-state index contributed by atoms with van der Waals surface area (Å²) in [6.45, 7) is 2.55. The molecular weight excluding hydrogens is 394 g/mol. The molecule has 5 rings (SSSR count). The normalized spacial score (nSPS) is 13.0. The highest BCUT2D eigenvalue weighted by Crippen LogP contribution is 2.30. The van der Waals surface area contributed by atoms with Gasteiger partial charge in [0.1, 0.15) is 10.7 Å². The molecule has 0 radical (unpaired) electrons. The summed E-state index contributed by atoms with van der Waals surface area (Å²) < 4.78 is 1.75. The van der Waals surface area contributed by atoms with Crippen molar-refractivity contribution >= 4 is 27.5 Å². The summed E-state index contributed by atoms with van der Waals surface area (Å²) in [7, 11) is 0. The van der Waals surface area contributed by atoms with E-state index in [2.05, 4.69) is 10.3 Å². The lowest BCUT2D eigenvalue weighted by molar-refractivity contribution is 0.0946. The fourth-order valence-electron chi connectivity index (χ4n) is 4.14. The molecule has 0 fully saturated rings. The van der Waals surface area contributed by atoms with Crippen molar-refractivity contribution in [3.8, 4) is 0 Å². The van der Waals surface area contributed by atoms with Gasteiger partial charge in [-0.25, -0.2) is 4.98 Å². The van der Waals surface area contributed by atoms with Crippen molar-refractivity contribution in [2.45, 2.75) is 32.4 Å². The van der Waals surface area contributed by atoms with E-state index in [1.807, 2.05) is 67.6 Å². The number of amides is 1. The monoisotopic (exact) mass is 415 g/mol. The Morgan fingerprint density at radius 2 is 1.70 bits per heavy atom. The Kier molecular flexibility index (Phi) is 4.71. The van der Waals surface area contributed by atoms with Gasteiger partial charge in [-0.3, -0.25) is 14.2 Å². The molecule has 1 amide bonds. The third kappa shape index (κ3) is 3.13. The van der Waals surface area contributed by atoms with E-state index in [-0.39, 0.29) is 17.5 Å². The fourth-order valence-corrected chi connectivity index (χ4v) is 5.23. The number of carbonyl (C=O) groups excluding carboxylic acids is 1. The minimum Gasteiger partial charge on any atom is -0.340 e. The van der Waals surface area contributed by atoms with Crippen molar-refractivity contribution in [2.75, 3.05) is 0 Å². The first kappa shape index (κ1) is 18.8. The van der Waals surface area contributed by atoms with Crippen molar-refractivity contribution in [3.63, 3.8) is 0 Å². The molecule has 6 heteroatoms. The lowest BCUT2D eigenvalue weighted by atomic mass is 9.98. The van der Waals surface area contributed by atoms with Gasteiger partial charge in [-0.2, -0.15) is 0 Å². The van der Waals surface area contributed by atoms with Gasteiger partial charge in [0.15, 0.2) is 0 Å². The molecule has 0 saturated carbocycles. The fraction of sp³-hybridized carbons (Fsp3) is 0.208. The van der Waals surface area contributed by atoms with Crippen LogP contribution in [0.1, 0.15) is 44.6 Å². The molecule has 2 aromatic heterocycles. The van der Waals surface area contributed by atoms with Crippen LogP contribution in [0.15, 0.2) is 65.5 Å². The Labute approximate surface area is 178 Å². The number of aromatic nitrogens is 2. The molecule has 0 bridgehead atoms. The summed E-state index contributed by atoms with van der Waals surface area (Å²) in [6.07, 6.45) is 1.76. The van der Waals surface area contributed by atoms with Crippen LogP contribution in [0.3, 0.4) is 0 Å². The van der Waals surface area contributed by atoms with Gasteiger partial charge >= 0.3 is 0 Å². The average molecular weight is 416 g/mol. The largest absolute Gasteiger partial charge is 0.340 e. The first-order chi connectivity index (χ1) is 14.6. The zero-order valence-corrected chi connectivity index (χ0v) is 17.4.